The Morgan fingerprint density at radius 1 is 1.18 bits per heavy atom. The third-order valence-corrected chi connectivity index (χ3v) is 5.03. The first-order valence-electron chi connectivity index (χ1n) is 10.2. The van der Waals surface area contributed by atoms with Crippen molar-refractivity contribution in [2.75, 3.05) is 29.9 Å². The minimum Gasteiger partial charge on any atom is -0.372 e. The van der Waals surface area contributed by atoms with Crippen molar-refractivity contribution in [3.8, 4) is 0 Å². The van der Waals surface area contributed by atoms with Gasteiger partial charge in [-0.05, 0) is 55.9 Å². The van der Waals surface area contributed by atoms with Gasteiger partial charge in [-0.15, -0.1) is 0 Å². The Labute approximate surface area is 167 Å². The van der Waals surface area contributed by atoms with Crippen LogP contribution >= 0.6 is 0 Å². The Balaban J connectivity index is 1.67. The van der Waals surface area contributed by atoms with E-state index in [0.717, 1.165) is 24.7 Å². The molecule has 6 nitrogen and oxygen atoms in total. The molecule has 3 rings (SSSR count). The largest absolute Gasteiger partial charge is 0.372 e. The molecule has 0 unspecified atom stereocenters. The minimum atomic E-state index is -0.170. The number of piperidine rings is 1. The molecule has 0 spiro atoms. The second kappa shape index (κ2) is 9.04. The smallest absolute Gasteiger partial charge is 0.270 e. The van der Waals surface area contributed by atoms with Gasteiger partial charge < -0.3 is 15.5 Å². The van der Waals surface area contributed by atoms with Gasteiger partial charge in [0, 0.05) is 37.1 Å². The van der Waals surface area contributed by atoms with E-state index in [2.05, 4.69) is 70.5 Å². The van der Waals surface area contributed by atoms with Crippen LogP contribution in [0.25, 0.3) is 0 Å². The van der Waals surface area contributed by atoms with Gasteiger partial charge in [-0.1, -0.05) is 20.8 Å². The molecule has 1 aromatic carbocycles. The lowest BCUT2D eigenvalue weighted by Crippen LogP contribution is -2.32. The van der Waals surface area contributed by atoms with E-state index in [1.165, 1.54) is 18.5 Å². The molecule has 0 atom stereocenters. The van der Waals surface area contributed by atoms with E-state index in [1.807, 2.05) is 0 Å². The molecule has 0 radical (unpaired) electrons. The Hall–Kier alpha value is -2.63. The van der Waals surface area contributed by atoms with Gasteiger partial charge in [-0.3, -0.25) is 4.79 Å². The fourth-order valence-electron chi connectivity index (χ4n) is 3.31. The second-order valence-corrected chi connectivity index (χ2v) is 8.13. The molecule has 0 aliphatic carbocycles. The zero-order valence-electron chi connectivity index (χ0n) is 17.3. The molecule has 2 N–H and O–H groups in total. The summed E-state index contributed by atoms with van der Waals surface area (Å²) < 4.78 is 0. The standard InChI is InChI=1S/C22H31N5O/c1-15(2)14-23-22(28)20-13-21(25-17(4)24-20)26-18-5-7-19(8-6-18)27-11-9-16(3)10-12-27/h5-8,13,15-16H,9-12,14H2,1-4H3,(H,23,28)(H,24,25,26). The Bertz CT molecular complexity index is 795. The number of rotatable bonds is 6. The van der Waals surface area contributed by atoms with Gasteiger partial charge in [0.2, 0.25) is 0 Å². The molecule has 6 heteroatoms. The van der Waals surface area contributed by atoms with E-state index in [0.29, 0.717) is 29.8 Å². The van der Waals surface area contributed by atoms with Crippen molar-refractivity contribution in [2.24, 2.45) is 11.8 Å². The van der Waals surface area contributed by atoms with E-state index in [9.17, 15) is 4.79 Å². The van der Waals surface area contributed by atoms with E-state index in [1.54, 1.807) is 13.0 Å². The van der Waals surface area contributed by atoms with Crippen LogP contribution in [-0.2, 0) is 0 Å². The molecule has 150 valence electrons. The van der Waals surface area contributed by atoms with Crippen molar-refractivity contribution in [1.29, 1.82) is 0 Å². The quantitative estimate of drug-likeness (QED) is 0.787. The first-order chi connectivity index (χ1) is 13.4. The summed E-state index contributed by atoms with van der Waals surface area (Å²) in [7, 11) is 0. The normalized spacial score (nSPS) is 15.0. The van der Waals surface area contributed by atoms with Crippen LogP contribution in [0, 0.1) is 18.8 Å². The van der Waals surface area contributed by atoms with Crippen LogP contribution in [0.2, 0.25) is 0 Å². The monoisotopic (exact) mass is 381 g/mol. The van der Waals surface area contributed by atoms with Crippen LogP contribution in [-0.4, -0.2) is 35.5 Å². The van der Waals surface area contributed by atoms with Crippen molar-refractivity contribution < 1.29 is 4.79 Å². The van der Waals surface area contributed by atoms with E-state index >= 15 is 0 Å². The number of aromatic nitrogens is 2. The predicted molar refractivity (Wildman–Crippen MR) is 114 cm³/mol. The molecule has 1 fully saturated rings. The summed E-state index contributed by atoms with van der Waals surface area (Å²) in [5, 5.41) is 6.19. The number of carbonyl (C=O) groups excluding carboxylic acids is 1. The number of benzene rings is 1. The van der Waals surface area contributed by atoms with Gasteiger partial charge in [0.25, 0.3) is 5.91 Å². The first-order valence-corrected chi connectivity index (χ1v) is 10.2. The fourth-order valence-corrected chi connectivity index (χ4v) is 3.31. The van der Waals surface area contributed by atoms with Gasteiger partial charge >= 0.3 is 0 Å². The summed E-state index contributed by atoms with van der Waals surface area (Å²) in [5.41, 5.74) is 2.58. The third-order valence-electron chi connectivity index (χ3n) is 5.03. The number of nitrogens with zero attached hydrogens (tertiary/aromatic N) is 3. The Morgan fingerprint density at radius 3 is 2.50 bits per heavy atom. The average Bonchev–Trinajstić information content (AvgIpc) is 2.67. The number of nitrogens with one attached hydrogen (secondary N) is 2. The summed E-state index contributed by atoms with van der Waals surface area (Å²) in [5.74, 6) is 2.24. The first kappa shape index (κ1) is 20.1. The maximum Gasteiger partial charge on any atom is 0.270 e. The van der Waals surface area contributed by atoms with Gasteiger partial charge in [0.15, 0.2) is 0 Å². The van der Waals surface area contributed by atoms with Gasteiger partial charge in [-0.2, -0.15) is 0 Å². The van der Waals surface area contributed by atoms with Gasteiger partial charge in [0.05, 0.1) is 0 Å². The molecule has 2 aromatic rings. The summed E-state index contributed by atoms with van der Waals surface area (Å²) in [6, 6.07) is 10.1. The molecule has 28 heavy (non-hydrogen) atoms. The highest BCUT2D eigenvalue weighted by molar-refractivity contribution is 5.93. The topological polar surface area (TPSA) is 70.2 Å². The summed E-state index contributed by atoms with van der Waals surface area (Å²) >= 11 is 0. The number of hydrogen-bond donors (Lipinski definition) is 2. The highest BCUT2D eigenvalue weighted by Crippen LogP contribution is 2.25. The number of carbonyl (C=O) groups is 1. The highest BCUT2D eigenvalue weighted by atomic mass is 16.1. The van der Waals surface area contributed by atoms with Crippen molar-refractivity contribution in [3.05, 3.63) is 41.9 Å². The zero-order valence-corrected chi connectivity index (χ0v) is 17.3. The lowest BCUT2D eigenvalue weighted by atomic mass is 9.99. The number of amides is 1. The minimum absolute atomic E-state index is 0.170. The molecule has 1 saturated heterocycles. The van der Waals surface area contributed by atoms with Crippen LogP contribution in [0.5, 0.6) is 0 Å². The van der Waals surface area contributed by atoms with E-state index in [-0.39, 0.29) is 5.91 Å². The van der Waals surface area contributed by atoms with Crippen LogP contribution in [0.15, 0.2) is 30.3 Å². The van der Waals surface area contributed by atoms with Crippen LogP contribution in [0.4, 0.5) is 17.2 Å². The van der Waals surface area contributed by atoms with Crippen molar-refractivity contribution in [1.82, 2.24) is 15.3 Å². The SMILES string of the molecule is Cc1nc(Nc2ccc(N3CCC(C)CC3)cc2)cc(C(=O)NCC(C)C)n1. The number of anilines is 3. The van der Waals surface area contributed by atoms with Gasteiger partial charge in [0.1, 0.15) is 17.3 Å². The van der Waals surface area contributed by atoms with Crippen molar-refractivity contribution in [2.45, 2.75) is 40.5 Å². The van der Waals surface area contributed by atoms with Crippen LogP contribution in [0.3, 0.4) is 0 Å². The lowest BCUT2D eigenvalue weighted by Gasteiger charge is -2.32. The Morgan fingerprint density at radius 2 is 1.86 bits per heavy atom. The second-order valence-electron chi connectivity index (χ2n) is 8.13. The third kappa shape index (κ3) is 5.44. The molecule has 0 saturated carbocycles. The van der Waals surface area contributed by atoms with Crippen molar-refractivity contribution in [3.63, 3.8) is 0 Å². The lowest BCUT2D eigenvalue weighted by molar-refractivity contribution is 0.0943. The average molecular weight is 382 g/mol. The maximum absolute atomic E-state index is 12.3. The highest BCUT2D eigenvalue weighted by Gasteiger charge is 2.16. The number of hydrogen-bond acceptors (Lipinski definition) is 5. The van der Waals surface area contributed by atoms with Crippen molar-refractivity contribution >= 4 is 23.1 Å². The number of aryl methyl sites for hydroxylation is 1. The molecular formula is C22H31N5O. The summed E-state index contributed by atoms with van der Waals surface area (Å²) in [4.78, 5) is 23.4. The summed E-state index contributed by atoms with van der Waals surface area (Å²) in [6.07, 6.45) is 2.50. The van der Waals surface area contributed by atoms with Gasteiger partial charge in [-0.25, -0.2) is 9.97 Å². The van der Waals surface area contributed by atoms with Crippen LogP contribution < -0.4 is 15.5 Å². The molecule has 0 bridgehead atoms. The molecule has 1 aromatic heterocycles. The molecule has 1 aliphatic heterocycles. The fraction of sp³-hybridized carbons (Fsp3) is 0.500. The van der Waals surface area contributed by atoms with E-state index < -0.39 is 0 Å². The Kier molecular flexibility index (Phi) is 6.49. The van der Waals surface area contributed by atoms with E-state index in [4.69, 9.17) is 0 Å². The molecular weight excluding hydrogens is 350 g/mol. The van der Waals surface area contributed by atoms with Crippen LogP contribution in [0.1, 0.15) is 49.9 Å². The maximum atomic E-state index is 12.3. The molecule has 1 amide bonds. The molecule has 2 heterocycles. The predicted octanol–water partition coefficient (Wildman–Crippen LogP) is 4.15. The summed E-state index contributed by atoms with van der Waals surface area (Å²) in [6.45, 7) is 11.1. The zero-order chi connectivity index (χ0) is 20.1. The molecule has 1 aliphatic rings.